The average Bonchev–Trinajstić information content (AvgIpc) is 3.58. The van der Waals surface area contributed by atoms with Gasteiger partial charge in [0.2, 0.25) is 17.4 Å². The third-order valence-corrected chi connectivity index (χ3v) is 10.2. The molecule has 198 valence electrons. The number of nitrogens with zero attached hydrogens (tertiary/aromatic N) is 1. The number of rotatable bonds is 8. The fourth-order valence-electron chi connectivity index (χ4n) is 4.28. The topological polar surface area (TPSA) is 138 Å². The molecule has 2 aromatic carbocycles. The lowest BCUT2D eigenvalue weighted by atomic mass is 9.99. The van der Waals surface area contributed by atoms with E-state index in [1.807, 2.05) is 37.3 Å². The SMILES string of the molecule is Cc1cc2nc(C(C(=O)NCC(=O)NC3CC3)S(=O)(=O)C(C)C)sc2cc1-c1ccc2[nH]c(=O)ccc2c1. The van der Waals surface area contributed by atoms with Crippen LogP contribution in [-0.4, -0.2) is 48.0 Å². The number of H-pyrrole nitrogens is 1. The molecule has 1 aliphatic carbocycles. The molecule has 4 aromatic rings. The number of pyridine rings is 1. The van der Waals surface area contributed by atoms with Crippen LogP contribution in [0.3, 0.4) is 0 Å². The largest absolute Gasteiger partial charge is 0.352 e. The number of fused-ring (bicyclic) bond motifs is 2. The zero-order valence-corrected chi connectivity index (χ0v) is 22.8. The third-order valence-electron chi connectivity index (χ3n) is 6.60. The van der Waals surface area contributed by atoms with Crippen molar-refractivity contribution >= 4 is 54.1 Å². The number of hydrogen-bond donors (Lipinski definition) is 3. The highest BCUT2D eigenvalue weighted by Crippen LogP contribution is 2.37. The number of benzene rings is 2. The van der Waals surface area contributed by atoms with E-state index in [1.165, 1.54) is 19.9 Å². The second-order valence-corrected chi connectivity index (χ2v) is 13.5. The van der Waals surface area contributed by atoms with Crippen LogP contribution in [0.5, 0.6) is 0 Å². The Hall–Kier alpha value is -3.57. The van der Waals surface area contributed by atoms with E-state index in [-0.39, 0.29) is 29.1 Å². The molecule has 5 rings (SSSR count). The van der Waals surface area contributed by atoms with E-state index in [0.29, 0.717) is 5.52 Å². The summed E-state index contributed by atoms with van der Waals surface area (Å²) in [6.45, 7) is 4.70. The van der Waals surface area contributed by atoms with E-state index in [9.17, 15) is 22.8 Å². The number of aromatic nitrogens is 2. The molecule has 3 N–H and O–H groups in total. The lowest BCUT2D eigenvalue weighted by molar-refractivity contribution is -0.126. The van der Waals surface area contributed by atoms with Crippen molar-refractivity contribution in [3.05, 3.63) is 63.4 Å². The molecule has 0 spiro atoms. The highest BCUT2D eigenvalue weighted by Gasteiger charge is 2.39. The van der Waals surface area contributed by atoms with E-state index >= 15 is 0 Å². The number of carbonyl (C=O) groups excluding carboxylic acids is 2. The molecule has 0 bridgehead atoms. The summed E-state index contributed by atoms with van der Waals surface area (Å²) in [7, 11) is -3.92. The Morgan fingerprint density at radius 3 is 2.61 bits per heavy atom. The second-order valence-electron chi connectivity index (χ2n) is 9.89. The minimum Gasteiger partial charge on any atom is -0.352 e. The van der Waals surface area contributed by atoms with Crippen molar-refractivity contribution in [2.75, 3.05) is 6.54 Å². The first-order chi connectivity index (χ1) is 18.0. The van der Waals surface area contributed by atoms with Gasteiger partial charge in [-0.25, -0.2) is 13.4 Å². The zero-order valence-electron chi connectivity index (χ0n) is 21.2. The molecule has 1 fully saturated rings. The molecule has 0 saturated heterocycles. The number of aryl methyl sites for hydroxylation is 1. The molecule has 1 atom stereocenters. The summed E-state index contributed by atoms with van der Waals surface area (Å²) in [5.41, 5.74) is 3.97. The quantitative estimate of drug-likeness (QED) is 0.306. The first-order valence-electron chi connectivity index (χ1n) is 12.4. The van der Waals surface area contributed by atoms with E-state index in [1.54, 1.807) is 6.07 Å². The Labute approximate surface area is 223 Å². The highest BCUT2D eigenvalue weighted by molar-refractivity contribution is 7.93. The Morgan fingerprint density at radius 1 is 1.13 bits per heavy atom. The summed E-state index contributed by atoms with van der Waals surface area (Å²) >= 11 is 1.16. The van der Waals surface area contributed by atoms with Crippen LogP contribution < -0.4 is 16.2 Å². The molecule has 9 nitrogen and oxygen atoms in total. The Balaban J connectivity index is 1.50. The number of amides is 2. The molecule has 2 amide bonds. The van der Waals surface area contributed by atoms with Crippen LogP contribution in [0.1, 0.15) is 42.5 Å². The summed E-state index contributed by atoms with van der Waals surface area (Å²) < 4.78 is 27.3. The lowest BCUT2D eigenvalue weighted by Gasteiger charge is -2.17. The normalized spacial score (nSPS) is 14.6. The molecule has 0 radical (unpaired) electrons. The lowest BCUT2D eigenvalue weighted by Crippen LogP contribution is -2.42. The van der Waals surface area contributed by atoms with Gasteiger partial charge in [0.25, 0.3) is 0 Å². The molecule has 11 heteroatoms. The van der Waals surface area contributed by atoms with Crippen molar-refractivity contribution in [2.45, 2.75) is 50.2 Å². The van der Waals surface area contributed by atoms with Crippen LogP contribution in [0, 0.1) is 6.92 Å². The number of thiazole rings is 1. The van der Waals surface area contributed by atoms with Crippen molar-refractivity contribution in [3.8, 4) is 11.1 Å². The maximum Gasteiger partial charge on any atom is 0.248 e. The van der Waals surface area contributed by atoms with Gasteiger partial charge in [-0.05, 0) is 86.0 Å². The fourth-order valence-corrected chi connectivity index (χ4v) is 7.06. The molecule has 1 aliphatic rings. The van der Waals surface area contributed by atoms with Crippen molar-refractivity contribution in [3.63, 3.8) is 0 Å². The number of carbonyl (C=O) groups is 2. The van der Waals surface area contributed by atoms with Crippen LogP contribution in [0.4, 0.5) is 0 Å². The summed E-state index contributed by atoms with van der Waals surface area (Å²) in [6, 6.07) is 13.0. The van der Waals surface area contributed by atoms with Gasteiger partial charge < -0.3 is 15.6 Å². The molecule has 2 aromatic heterocycles. The number of sulfone groups is 1. The van der Waals surface area contributed by atoms with Crippen LogP contribution in [-0.2, 0) is 19.4 Å². The van der Waals surface area contributed by atoms with Gasteiger partial charge in [0, 0.05) is 17.6 Å². The van der Waals surface area contributed by atoms with Crippen LogP contribution in [0.15, 0.2) is 47.3 Å². The fraction of sp³-hybridized carbons (Fsp3) is 0.333. The minimum absolute atomic E-state index is 0.140. The summed E-state index contributed by atoms with van der Waals surface area (Å²) in [5.74, 6) is -1.10. The van der Waals surface area contributed by atoms with Gasteiger partial charge in [0.05, 0.1) is 22.0 Å². The molecule has 1 unspecified atom stereocenters. The van der Waals surface area contributed by atoms with Gasteiger partial charge in [-0.2, -0.15) is 0 Å². The Bertz CT molecular complexity index is 1740. The average molecular weight is 553 g/mol. The van der Waals surface area contributed by atoms with Gasteiger partial charge >= 0.3 is 0 Å². The molecular formula is C27H28N4O5S2. The van der Waals surface area contributed by atoms with Crippen LogP contribution >= 0.6 is 11.3 Å². The number of nitrogens with one attached hydrogen (secondary N) is 3. The summed E-state index contributed by atoms with van der Waals surface area (Å²) in [5, 5.41) is 4.00. The second kappa shape index (κ2) is 9.95. The number of hydrogen-bond acceptors (Lipinski definition) is 7. The van der Waals surface area contributed by atoms with Crippen LogP contribution in [0.25, 0.3) is 32.2 Å². The maximum atomic E-state index is 13.3. The van der Waals surface area contributed by atoms with E-state index < -0.39 is 26.2 Å². The first kappa shape index (κ1) is 26.1. The van der Waals surface area contributed by atoms with Crippen LogP contribution in [0.2, 0.25) is 0 Å². The standard InChI is InChI=1S/C27H28N4O5S2/c1-14(2)38(35,36)25(26(34)28-13-24(33)29-18-6-7-18)27-31-21-10-15(3)19(12-22(21)37-27)16-4-8-20-17(11-16)5-9-23(32)30-20/h4-5,8-12,14,18,25H,6-7,13H2,1-3H3,(H,28,34)(H,29,33)(H,30,32). The van der Waals surface area contributed by atoms with Gasteiger partial charge in [-0.3, -0.25) is 14.4 Å². The molecule has 2 heterocycles. The summed E-state index contributed by atoms with van der Waals surface area (Å²) in [4.78, 5) is 44.2. The van der Waals surface area contributed by atoms with E-state index in [4.69, 9.17) is 0 Å². The van der Waals surface area contributed by atoms with E-state index in [2.05, 4.69) is 20.6 Å². The van der Waals surface area contributed by atoms with Gasteiger partial charge in [0.15, 0.2) is 15.1 Å². The van der Waals surface area contributed by atoms with E-state index in [0.717, 1.165) is 56.5 Å². The molecule has 0 aliphatic heterocycles. The molecule has 38 heavy (non-hydrogen) atoms. The Kier molecular flexibility index (Phi) is 6.83. The third kappa shape index (κ3) is 5.21. The smallest absolute Gasteiger partial charge is 0.248 e. The van der Waals surface area contributed by atoms with Crippen molar-refractivity contribution in [1.82, 2.24) is 20.6 Å². The number of aromatic amines is 1. The summed E-state index contributed by atoms with van der Waals surface area (Å²) in [6.07, 6.45) is 1.83. The van der Waals surface area contributed by atoms with Crippen molar-refractivity contribution in [2.24, 2.45) is 0 Å². The Morgan fingerprint density at radius 2 is 1.89 bits per heavy atom. The zero-order chi connectivity index (χ0) is 27.2. The van der Waals surface area contributed by atoms with Crippen molar-refractivity contribution < 1.29 is 18.0 Å². The van der Waals surface area contributed by atoms with Gasteiger partial charge in [0.1, 0.15) is 5.01 Å². The van der Waals surface area contributed by atoms with Gasteiger partial charge in [-0.15, -0.1) is 11.3 Å². The highest BCUT2D eigenvalue weighted by atomic mass is 32.2. The monoisotopic (exact) mass is 552 g/mol. The van der Waals surface area contributed by atoms with Crippen molar-refractivity contribution in [1.29, 1.82) is 0 Å². The molecular weight excluding hydrogens is 524 g/mol. The predicted molar refractivity (Wildman–Crippen MR) is 149 cm³/mol. The first-order valence-corrected chi connectivity index (χ1v) is 14.8. The molecule has 1 saturated carbocycles. The maximum absolute atomic E-state index is 13.3. The predicted octanol–water partition coefficient (Wildman–Crippen LogP) is 3.37. The van der Waals surface area contributed by atoms with Gasteiger partial charge in [-0.1, -0.05) is 6.07 Å². The minimum atomic E-state index is -3.92.